The number of methoxy groups -OCH3 is 1. The van der Waals surface area contributed by atoms with Crippen molar-refractivity contribution in [3.05, 3.63) is 0 Å². The summed E-state index contributed by atoms with van der Waals surface area (Å²) in [6, 6.07) is 0. The van der Waals surface area contributed by atoms with Crippen LogP contribution in [0, 0.1) is 0 Å². The van der Waals surface area contributed by atoms with Crippen LogP contribution in [-0.4, -0.2) is 38.5 Å². The Kier molecular flexibility index (Phi) is 5.60. The summed E-state index contributed by atoms with van der Waals surface area (Å²) >= 11 is 0. The Morgan fingerprint density at radius 3 is 2.64 bits per heavy atom. The Hall–Kier alpha value is -0.740. The van der Waals surface area contributed by atoms with Crippen LogP contribution in [0.15, 0.2) is 0 Å². The summed E-state index contributed by atoms with van der Waals surface area (Å²) in [6.45, 7) is 1.98. The SMILES string of the molecule is CCOC(C=O)C(=O)COC. The summed E-state index contributed by atoms with van der Waals surface area (Å²) in [5, 5.41) is 0. The lowest BCUT2D eigenvalue weighted by atomic mass is 10.2. The molecule has 4 heteroatoms. The Morgan fingerprint density at radius 2 is 2.27 bits per heavy atom. The van der Waals surface area contributed by atoms with Crippen LogP contribution in [0.3, 0.4) is 0 Å². The van der Waals surface area contributed by atoms with E-state index in [1.54, 1.807) is 6.92 Å². The average Bonchev–Trinajstić information content (AvgIpc) is 2.00. The van der Waals surface area contributed by atoms with Gasteiger partial charge in [0.2, 0.25) is 0 Å². The topological polar surface area (TPSA) is 52.6 Å². The highest BCUT2D eigenvalue weighted by atomic mass is 16.5. The van der Waals surface area contributed by atoms with E-state index in [0.29, 0.717) is 12.9 Å². The first-order valence-electron chi connectivity index (χ1n) is 3.34. The van der Waals surface area contributed by atoms with Gasteiger partial charge in [-0.1, -0.05) is 0 Å². The number of aldehydes is 1. The van der Waals surface area contributed by atoms with E-state index < -0.39 is 6.10 Å². The molecule has 0 radical (unpaired) electrons. The summed E-state index contributed by atoms with van der Waals surface area (Å²) < 4.78 is 9.35. The van der Waals surface area contributed by atoms with Crippen LogP contribution in [0.1, 0.15) is 6.92 Å². The van der Waals surface area contributed by atoms with Crippen molar-refractivity contribution in [2.75, 3.05) is 20.3 Å². The smallest absolute Gasteiger partial charge is 0.194 e. The van der Waals surface area contributed by atoms with Crippen molar-refractivity contribution in [1.29, 1.82) is 0 Å². The molecule has 64 valence electrons. The van der Waals surface area contributed by atoms with E-state index in [4.69, 9.17) is 4.74 Å². The Morgan fingerprint density at radius 1 is 1.64 bits per heavy atom. The summed E-state index contributed by atoms with van der Waals surface area (Å²) in [4.78, 5) is 21.1. The lowest BCUT2D eigenvalue weighted by Gasteiger charge is -2.07. The second-order valence-electron chi connectivity index (χ2n) is 1.91. The van der Waals surface area contributed by atoms with Gasteiger partial charge in [-0.2, -0.15) is 0 Å². The summed E-state index contributed by atoms with van der Waals surface area (Å²) in [7, 11) is 1.39. The van der Waals surface area contributed by atoms with E-state index >= 15 is 0 Å². The van der Waals surface area contributed by atoms with E-state index in [-0.39, 0.29) is 12.4 Å². The second kappa shape index (κ2) is 6.00. The van der Waals surface area contributed by atoms with E-state index in [1.165, 1.54) is 7.11 Å². The van der Waals surface area contributed by atoms with Gasteiger partial charge in [-0.25, -0.2) is 0 Å². The first-order valence-corrected chi connectivity index (χ1v) is 3.34. The molecule has 0 aliphatic heterocycles. The third-order valence-corrected chi connectivity index (χ3v) is 1.07. The molecule has 11 heavy (non-hydrogen) atoms. The predicted molar refractivity (Wildman–Crippen MR) is 38.4 cm³/mol. The average molecular weight is 160 g/mol. The molecule has 0 amide bonds. The van der Waals surface area contributed by atoms with Crippen molar-refractivity contribution in [2.24, 2.45) is 0 Å². The van der Waals surface area contributed by atoms with Gasteiger partial charge in [0.25, 0.3) is 0 Å². The quantitative estimate of drug-likeness (QED) is 0.399. The van der Waals surface area contributed by atoms with Crippen LogP contribution >= 0.6 is 0 Å². The van der Waals surface area contributed by atoms with Crippen LogP contribution in [0.4, 0.5) is 0 Å². The molecule has 0 spiro atoms. The van der Waals surface area contributed by atoms with Crippen LogP contribution in [0.2, 0.25) is 0 Å². The molecule has 0 aliphatic carbocycles. The van der Waals surface area contributed by atoms with Gasteiger partial charge >= 0.3 is 0 Å². The zero-order valence-electron chi connectivity index (χ0n) is 6.70. The molecular formula is C7H12O4. The number of ether oxygens (including phenoxy) is 2. The summed E-state index contributed by atoms with van der Waals surface area (Å²) in [5.74, 6) is -0.343. The molecule has 0 rings (SSSR count). The van der Waals surface area contributed by atoms with Gasteiger partial charge in [0, 0.05) is 13.7 Å². The molecule has 0 N–H and O–H groups in total. The number of hydrogen-bond acceptors (Lipinski definition) is 4. The molecule has 1 unspecified atom stereocenters. The minimum atomic E-state index is -0.958. The van der Waals surface area contributed by atoms with Crippen LogP contribution < -0.4 is 0 Å². The molecule has 0 saturated heterocycles. The number of rotatable bonds is 6. The zero-order valence-corrected chi connectivity index (χ0v) is 6.70. The van der Waals surface area contributed by atoms with Gasteiger partial charge in [-0.3, -0.25) is 9.59 Å². The number of carbonyl (C=O) groups is 2. The number of carbonyl (C=O) groups excluding carboxylic acids is 2. The normalized spacial score (nSPS) is 12.5. The molecule has 0 aromatic rings. The van der Waals surface area contributed by atoms with Crippen LogP contribution in [0.5, 0.6) is 0 Å². The van der Waals surface area contributed by atoms with Crippen LogP contribution in [0.25, 0.3) is 0 Å². The maximum absolute atomic E-state index is 10.9. The second-order valence-corrected chi connectivity index (χ2v) is 1.91. The van der Waals surface area contributed by atoms with Gasteiger partial charge in [0.1, 0.15) is 6.61 Å². The molecule has 0 saturated carbocycles. The van der Waals surface area contributed by atoms with E-state index in [9.17, 15) is 9.59 Å². The fourth-order valence-electron chi connectivity index (χ4n) is 0.612. The standard InChI is InChI=1S/C7H12O4/c1-3-11-7(4-8)6(9)5-10-2/h4,7H,3,5H2,1-2H3. The lowest BCUT2D eigenvalue weighted by Crippen LogP contribution is -2.29. The maximum atomic E-state index is 10.9. The highest BCUT2D eigenvalue weighted by Crippen LogP contribution is 1.90. The monoisotopic (exact) mass is 160 g/mol. The third kappa shape index (κ3) is 3.85. The van der Waals surface area contributed by atoms with Gasteiger partial charge < -0.3 is 9.47 Å². The van der Waals surface area contributed by atoms with Crippen molar-refractivity contribution in [3.63, 3.8) is 0 Å². The minimum Gasteiger partial charge on any atom is -0.377 e. The third-order valence-electron chi connectivity index (χ3n) is 1.07. The van der Waals surface area contributed by atoms with Crippen molar-refractivity contribution in [2.45, 2.75) is 13.0 Å². The van der Waals surface area contributed by atoms with E-state index in [1.807, 2.05) is 0 Å². The molecular weight excluding hydrogens is 148 g/mol. The summed E-state index contributed by atoms with van der Waals surface area (Å²) in [6.07, 6.45) is -0.481. The molecule has 4 nitrogen and oxygen atoms in total. The van der Waals surface area contributed by atoms with Crippen molar-refractivity contribution in [1.82, 2.24) is 0 Å². The first kappa shape index (κ1) is 10.3. The fourth-order valence-corrected chi connectivity index (χ4v) is 0.612. The molecule has 0 aromatic heterocycles. The van der Waals surface area contributed by atoms with E-state index in [0.717, 1.165) is 0 Å². The van der Waals surface area contributed by atoms with Crippen molar-refractivity contribution < 1.29 is 19.1 Å². The van der Waals surface area contributed by atoms with Gasteiger partial charge in [0.05, 0.1) is 0 Å². The minimum absolute atomic E-state index is 0.0800. The first-order chi connectivity index (χ1) is 5.26. The maximum Gasteiger partial charge on any atom is 0.194 e. The predicted octanol–water partition coefficient (Wildman–Crippen LogP) is -0.194. The molecule has 0 aromatic carbocycles. The lowest BCUT2D eigenvalue weighted by molar-refractivity contribution is -0.138. The number of Topliss-reactive ketones (excluding diaryl/α,β-unsaturated/α-hetero) is 1. The van der Waals surface area contributed by atoms with Crippen LogP contribution in [-0.2, 0) is 19.1 Å². The Balaban J connectivity index is 3.81. The Bertz CT molecular complexity index is 132. The van der Waals surface area contributed by atoms with Gasteiger partial charge in [0.15, 0.2) is 18.2 Å². The van der Waals surface area contributed by atoms with Crippen molar-refractivity contribution >= 4 is 12.1 Å². The Labute approximate surface area is 65.5 Å². The molecule has 1 atom stereocenters. The zero-order chi connectivity index (χ0) is 8.69. The van der Waals surface area contributed by atoms with Gasteiger partial charge in [-0.15, -0.1) is 0 Å². The number of hydrogen-bond donors (Lipinski definition) is 0. The molecule has 0 fully saturated rings. The molecule has 0 heterocycles. The van der Waals surface area contributed by atoms with Crippen molar-refractivity contribution in [3.8, 4) is 0 Å². The van der Waals surface area contributed by atoms with E-state index in [2.05, 4.69) is 4.74 Å². The largest absolute Gasteiger partial charge is 0.377 e. The highest BCUT2D eigenvalue weighted by Gasteiger charge is 2.16. The highest BCUT2D eigenvalue weighted by molar-refractivity contribution is 5.96. The fraction of sp³-hybridized carbons (Fsp3) is 0.714. The van der Waals surface area contributed by atoms with Gasteiger partial charge in [-0.05, 0) is 6.92 Å². The summed E-state index contributed by atoms with van der Waals surface area (Å²) in [5.41, 5.74) is 0. The molecule has 0 bridgehead atoms. The number of ketones is 1. The molecule has 0 aliphatic rings.